The van der Waals surface area contributed by atoms with Crippen LogP contribution in [0.3, 0.4) is 0 Å². The minimum absolute atomic E-state index is 0.433. The molecule has 0 aromatic carbocycles. The summed E-state index contributed by atoms with van der Waals surface area (Å²) < 4.78 is 5.47. The summed E-state index contributed by atoms with van der Waals surface area (Å²) in [5.41, 5.74) is 0. The van der Waals surface area contributed by atoms with Crippen molar-refractivity contribution >= 4 is 0 Å². The zero-order valence-corrected chi connectivity index (χ0v) is 7.34. The molecule has 1 N–H and O–H groups in total. The van der Waals surface area contributed by atoms with Crippen LogP contribution in [0, 0.1) is 5.92 Å². The van der Waals surface area contributed by atoms with Crippen molar-refractivity contribution in [3.8, 4) is 0 Å². The molecule has 2 fully saturated rings. The van der Waals surface area contributed by atoms with Crippen molar-refractivity contribution in [2.24, 2.45) is 5.92 Å². The normalized spacial score (nSPS) is 49.6. The number of ether oxygens (including phenoxy) is 1. The number of rotatable bonds is 2. The SMILES string of the molecule is CC1OCCC1N[C@@H]1C[C@H]1C. The van der Waals surface area contributed by atoms with Gasteiger partial charge in [-0.25, -0.2) is 0 Å². The minimum Gasteiger partial charge on any atom is -0.377 e. The van der Waals surface area contributed by atoms with Gasteiger partial charge in [-0.15, -0.1) is 0 Å². The lowest BCUT2D eigenvalue weighted by Gasteiger charge is -2.15. The molecule has 2 rings (SSSR count). The molecule has 0 aromatic heterocycles. The molecule has 11 heavy (non-hydrogen) atoms. The van der Waals surface area contributed by atoms with E-state index in [1.165, 1.54) is 12.8 Å². The lowest BCUT2D eigenvalue weighted by Crippen LogP contribution is -2.36. The van der Waals surface area contributed by atoms with Gasteiger partial charge in [0.05, 0.1) is 6.10 Å². The minimum atomic E-state index is 0.433. The van der Waals surface area contributed by atoms with Crippen molar-refractivity contribution < 1.29 is 4.74 Å². The molecule has 2 unspecified atom stereocenters. The van der Waals surface area contributed by atoms with Crippen molar-refractivity contribution in [2.45, 2.75) is 44.9 Å². The zero-order valence-electron chi connectivity index (χ0n) is 7.34. The summed E-state index contributed by atoms with van der Waals surface area (Å²) in [6.07, 6.45) is 3.00. The van der Waals surface area contributed by atoms with Crippen LogP contribution in [-0.2, 0) is 4.74 Å². The van der Waals surface area contributed by atoms with E-state index in [1.807, 2.05) is 0 Å². The second kappa shape index (κ2) is 2.76. The van der Waals surface area contributed by atoms with E-state index in [2.05, 4.69) is 19.2 Å². The summed E-state index contributed by atoms with van der Waals surface area (Å²) in [5.74, 6) is 0.905. The first-order valence-electron chi connectivity index (χ1n) is 4.65. The number of nitrogens with one attached hydrogen (secondary N) is 1. The highest BCUT2D eigenvalue weighted by atomic mass is 16.5. The molecule has 2 nitrogen and oxygen atoms in total. The molecule has 0 amide bonds. The Hall–Kier alpha value is -0.0800. The average Bonchev–Trinajstić information content (AvgIpc) is 2.48. The Balaban J connectivity index is 1.77. The molecule has 0 spiro atoms. The molecule has 0 aromatic rings. The van der Waals surface area contributed by atoms with Crippen LogP contribution in [0.5, 0.6) is 0 Å². The second-order valence-electron chi connectivity index (χ2n) is 3.96. The quantitative estimate of drug-likeness (QED) is 0.646. The third-order valence-corrected chi connectivity index (χ3v) is 2.91. The maximum Gasteiger partial charge on any atom is 0.0700 e. The van der Waals surface area contributed by atoms with Crippen molar-refractivity contribution in [2.75, 3.05) is 6.61 Å². The van der Waals surface area contributed by atoms with E-state index >= 15 is 0 Å². The van der Waals surface area contributed by atoms with Gasteiger partial charge < -0.3 is 10.1 Å². The highest BCUT2D eigenvalue weighted by Crippen LogP contribution is 2.30. The van der Waals surface area contributed by atoms with Crippen molar-refractivity contribution in [1.82, 2.24) is 5.32 Å². The van der Waals surface area contributed by atoms with Gasteiger partial charge in [0.2, 0.25) is 0 Å². The maximum absolute atomic E-state index is 5.47. The summed E-state index contributed by atoms with van der Waals surface area (Å²) in [6.45, 7) is 5.41. The van der Waals surface area contributed by atoms with Crippen LogP contribution in [0.2, 0.25) is 0 Å². The molecule has 1 saturated heterocycles. The third kappa shape index (κ3) is 1.57. The fourth-order valence-corrected chi connectivity index (χ4v) is 1.78. The van der Waals surface area contributed by atoms with E-state index in [0.717, 1.165) is 18.6 Å². The summed E-state index contributed by atoms with van der Waals surface area (Å²) >= 11 is 0. The Morgan fingerprint density at radius 1 is 1.27 bits per heavy atom. The van der Waals surface area contributed by atoms with Gasteiger partial charge in [-0.1, -0.05) is 6.92 Å². The highest BCUT2D eigenvalue weighted by molar-refractivity contribution is 4.94. The van der Waals surface area contributed by atoms with Crippen molar-refractivity contribution in [1.29, 1.82) is 0 Å². The van der Waals surface area contributed by atoms with Crippen LogP contribution in [0.25, 0.3) is 0 Å². The van der Waals surface area contributed by atoms with E-state index in [0.29, 0.717) is 12.1 Å². The summed E-state index contributed by atoms with van der Waals surface area (Å²) in [4.78, 5) is 0. The predicted octanol–water partition coefficient (Wildman–Crippen LogP) is 1.16. The van der Waals surface area contributed by atoms with Gasteiger partial charge in [-0.05, 0) is 25.7 Å². The van der Waals surface area contributed by atoms with Gasteiger partial charge in [-0.3, -0.25) is 0 Å². The van der Waals surface area contributed by atoms with E-state index < -0.39 is 0 Å². The average molecular weight is 155 g/mol. The molecule has 0 bridgehead atoms. The van der Waals surface area contributed by atoms with Gasteiger partial charge in [0, 0.05) is 18.7 Å². The lowest BCUT2D eigenvalue weighted by molar-refractivity contribution is 0.112. The summed E-state index contributed by atoms with van der Waals surface area (Å²) in [7, 11) is 0. The molecular formula is C9H17NO. The van der Waals surface area contributed by atoms with Crippen molar-refractivity contribution in [3.63, 3.8) is 0 Å². The van der Waals surface area contributed by atoms with Gasteiger partial charge >= 0.3 is 0 Å². The van der Waals surface area contributed by atoms with Crippen molar-refractivity contribution in [3.05, 3.63) is 0 Å². The van der Waals surface area contributed by atoms with Gasteiger partial charge in [0.25, 0.3) is 0 Å². The molecule has 64 valence electrons. The largest absolute Gasteiger partial charge is 0.377 e. The maximum atomic E-state index is 5.47. The fourth-order valence-electron chi connectivity index (χ4n) is 1.78. The third-order valence-electron chi connectivity index (χ3n) is 2.91. The van der Waals surface area contributed by atoms with Gasteiger partial charge in [0.15, 0.2) is 0 Å². The molecule has 1 heterocycles. The van der Waals surface area contributed by atoms with E-state index in [-0.39, 0.29) is 0 Å². The molecule has 1 aliphatic heterocycles. The van der Waals surface area contributed by atoms with E-state index in [1.54, 1.807) is 0 Å². The predicted molar refractivity (Wildman–Crippen MR) is 44.5 cm³/mol. The first kappa shape index (κ1) is 7.56. The Labute approximate surface area is 68.3 Å². The summed E-state index contributed by atoms with van der Waals surface area (Å²) in [5, 5.41) is 3.63. The van der Waals surface area contributed by atoms with Crippen LogP contribution >= 0.6 is 0 Å². The van der Waals surface area contributed by atoms with Crippen LogP contribution in [0.4, 0.5) is 0 Å². The van der Waals surface area contributed by atoms with Crippen LogP contribution < -0.4 is 5.32 Å². The number of hydrogen-bond donors (Lipinski definition) is 1. The first-order chi connectivity index (χ1) is 5.27. The first-order valence-corrected chi connectivity index (χ1v) is 4.65. The standard InChI is InChI=1S/C9H17NO/c1-6-5-9(6)10-8-3-4-11-7(8)2/h6-10H,3-5H2,1-2H3/t6-,7?,8?,9-/m1/s1. The topological polar surface area (TPSA) is 21.3 Å². The Morgan fingerprint density at radius 2 is 2.00 bits per heavy atom. The van der Waals surface area contributed by atoms with E-state index in [4.69, 9.17) is 4.74 Å². The smallest absolute Gasteiger partial charge is 0.0700 e. The Bertz CT molecular complexity index is 148. The van der Waals surface area contributed by atoms with Crippen LogP contribution in [0.15, 0.2) is 0 Å². The second-order valence-corrected chi connectivity index (χ2v) is 3.96. The van der Waals surface area contributed by atoms with E-state index in [9.17, 15) is 0 Å². The molecule has 2 heteroatoms. The zero-order chi connectivity index (χ0) is 7.84. The lowest BCUT2D eigenvalue weighted by atomic mass is 10.1. The van der Waals surface area contributed by atoms with Gasteiger partial charge in [-0.2, -0.15) is 0 Å². The van der Waals surface area contributed by atoms with Crippen LogP contribution in [-0.4, -0.2) is 24.8 Å². The molecule has 1 saturated carbocycles. The molecular weight excluding hydrogens is 138 g/mol. The fraction of sp³-hybridized carbons (Fsp3) is 1.00. The Kier molecular flexibility index (Phi) is 1.90. The monoisotopic (exact) mass is 155 g/mol. The summed E-state index contributed by atoms with van der Waals surface area (Å²) in [6, 6.07) is 1.43. The highest BCUT2D eigenvalue weighted by Gasteiger charge is 2.36. The molecule has 0 radical (unpaired) electrons. The van der Waals surface area contributed by atoms with Gasteiger partial charge in [0.1, 0.15) is 0 Å². The van der Waals surface area contributed by atoms with Crippen LogP contribution in [0.1, 0.15) is 26.7 Å². The Morgan fingerprint density at radius 3 is 2.45 bits per heavy atom. The molecule has 1 aliphatic carbocycles. The molecule has 2 aliphatic rings. The molecule has 4 atom stereocenters. The number of hydrogen-bond acceptors (Lipinski definition) is 2.